The minimum Gasteiger partial charge on any atom is -0.0651 e. The summed E-state index contributed by atoms with van der Waals surface area (Å²) >= 11 is 0. The molecule has 0 bridgehead atoms. The third-order valence-corrected chi connectivity index (χ3v) is 8.93. The Morgan fingerprint density at radius 1 is 0.615 bits per heavy atom. The Labute approximate surface area is 230 Å². The van der Waals surface area contributed by atoms with Crippen molar-refractivity contribution in [1.29, 1.82) is 0 Å². The third kappa shape index (κ3) is 3.38. The summed E-state index contributed by atoms with van der Waals surface area (Å²) in [6.07, 6.45) is 5.83. The Kier molecular flexibility index (Phi) is 5.10. The molecular formula is C39H30. The molecule has 0 radical (unpaired) electrons. The number of hydrogen-bond donors (Lipinski definition) is 0. The first kappa shape index (κ1) is 22.6. The molecule has 0 heteroatoms. The molecule has 0 N–H and O–H groups in total. The Morgan fingerprint density at radius 2 is 1.26 bits per heavy atom. The van der Waals surface area contributed by atoms with Gasteiger partial charge in [0.25, 0.3) is 0 Å². The van der Waals surface area contributed by atoms with Crippen LogP contribution < -0.4 is 0 Å². The Balaban J connectivity index is 1.38. The average molecular weight is 499 g/mol. The third-order valence-electron chi connectivity index (χ3n) is 8.93. The molecule has 0 aliphatic heterocycles. The van der Waals surface area contributed by atoms with Crippen LogP contribution in [0, 0.1) is 0 Å². The minimum absolute atomic E-state index is 0.311. The maximum Gasteiger partial charge on any atom is 0.0311 e. The van der Waals surface area contributed by atoms with Gasteiger partial charge in [-0.15, -0.1) is 0 Å². The topological polar surface area (TPSA) is 0 Å². The van der Waals surface area contributed by atoms with E-state index < -0.39 is 0 Å². The molecule has 0 amide bonds. The van der Waals surface area contributed by atoms with E-state index in [9.17, 15) is 0 Å². The first-order chi connectivity index (χ1) is 19.3. The van der Waals surface area contributed by atoms with Crippen molar-refractivity contribution in [3.05, 3.63) is 149 Å². The first-order valence-corrected chi connectivity index (χ1v) is 14.3. The lowest BCUT2D eigenvalue weighted by atomic mass is 9.82. The molecule has 0 heterocycles. The fourth-order valence-corrected chi connectivity index (χ4v) is 7.31. The van der Waals surface area contributed by atoms with Gasteiger partial charge in [-0.25, -0.2) is 0 Å². The van der Waals surface area contributed by atoms with Gasteiger partial charge in [-0.3, -0.25) is 0 Å². The predicted octanol–water partition coefficient (Wildman–Crippen LogP) is 10.6. The summed E-state index contributed by atoms with van der Waals surface area (Å²) in [6, 6.07) is 43.0. The van der Waals surface area contributed by atoms with Crippen molar-refractivity contribution < 1.29 is 0 Å². The van der Waals surface area contributed by atoms with Crippen LogP contribution >= 0.6 is 0 Å². The molecule has 8 rings (SSSR count). The lowest BCUT2D eigenvalue weighted by molar-refractivity contribution is 0.824. The zero-order chi connectivity index (χ0) is 25.9. The van der Waals surface area contributed by atoms with Gasteiger partial charge in [0.1, 0.15) is 0 Å². The van der Waals surface area contributed by atoms with E-state index in [0.29, 0.717) is 5.92 Å². The largest absolute Gasteiger partial charge is 0.0651 e. The molecule has 2 aliphatic carbocycles. The van der Waals surface area contributed by atoms with Crippen LogP contribution in [0.3, 0.4) is 0 Å². The Bertz CT molecular complexity index is 1900. The molecule has 39 heavy (non-hydrogen) atoms. The highest BCUT2D eigenvalue weighted by Crippen LogP contribution is 2.51. The van der Waals surface area contributed by atoms with E-state index in [1.807, 2.05) is 0 Å². The van der Waals surface area contributed by atoms with E-state index in [1.54, 1.807) is 5.57 Å². The number of fused-ring (bicyclic) bond motifs is 6. The van der Waals surface area contributed by atoms with E-state index in [1.165, 1.54) is 71.6 Å². The number of rotatable bonds is 4. The summed E-state index contributed by atoms with van der Waals surface area (Å²) in [5, 5.41) is 5.26. The lowest BCUT2D eigenvalue weighted by Crippen LogP contribution is -2.05. The van der Waals surface area contributed by atoms with Gasteiger partial charge in [-0.2, -0.15) is 0 Å². The van der Waals surface area contributed by atoms with Crippen LogP contribution in [0.15, 0.2) is 121 Å². The van der Waals surface area contributed by atoms with E-state index in [2.05, 4.69) is 128 Å². The summed E-state index contributed by atoms with van der Waals surface area (Å²) in [5.41, 5.74) is 14.4. The highest BCUT2D eigenvalue weighted by atomic mass is 14.4. The van der Waals surface area contributed by atoms with Crippen molar-refractivity contribution in [3.63, 3.8) is 0 Å². The SMILES string of the molecule is CCCC1=Cc2c(-c3c4ccccc4cc4ccccc34)cccc2C1c1cccc2c1Cc1ccccc1-2. The van der Waals surface area contributed by atoms with Crippen LogP contribution in [0.5, 0.6) is 0 Å². The summed E-state index contributed by atoms with van der Waals surface area (Å²) in [4.78, 5) is 0. The summed E-state index contributed by atoms with van der Waals surface area (Å²) < 4.78 is 0. The van der Waals surface area contributed by atoms with Crippen molar-refractivity contribution >= 4 is 27.6 Å². The fourth-order valence-electron chi connectivity index (χ4n) is 7.31. The molecule has 0 nitrogen and oxygen atoms in total. The molecule has 0 saturated carbocycles. The maximum absolute atomic E-state index is 2.54. The molecule has 0 fully saturated rings. The van der Waals surface area contributed by atoms with Crippen LogP contribution in [0.2, 0.25) is 0 Å². The van der Waals surface area contributed by atoms with Gasteiger partial charge in [0.2, 0.25) is 0 Å². The van der Waals surface area contributed by atoms with Gasteiger partial charge in [0, 0.05) is 5.92 Å². The van der Waals surface area contributed by atoms with Gasteiger partial charge in [0.05, 0.1) is 0 Å². The standard InChI is InChI=1S/C39H30/c1-2-11-28-24-37-34(38(28)33-19-9-18-32-29-15-6-3-14-27(29)23-36(32)33)20-10-21-35(37)39-30-16-7-4-12-25(30)22-26-13-5-8-17-31(26)39/h3-10,12-22,24,38H,2,11,23H2,1H3. The fraction of sp³-hybridized carbons (Fsp3) is 0.128. The van der Waals surface area contributed by atoms with Crippen molar-refractivity contribution in [2.24, 2.45) is 0 Å². The Morgan fingerprint density at radius 3 is 2.03 bits per heavy atom. The smallest absolute Gasteiger partial charge is 0.0311 e. The molecule has 1 atom stereocenters. The second kappa shape index (κ2) is 8.82. The maximum atomic E-state index is 2.54. The lowest BCUT2D eigenvalue weighted by Gasteiger charge is -2.22. The number of benzene rings is 6. The molecule has 186 valence electrons. The molecule has 6 aromatic rings. The monoisotopic (exact) mass is 498 g/mol. The van der Waals surface area contributed by atoms with Gasteiger partial charge in [0.15, 0.2) is 0 Å². The van der Waals surface area contributed by atoms with Gasteiger partial charge >= 0.3 is 0 Å². The molecule has 1 unspecified atom stereocenters. The second-order valence-electron chi connectivity index (χ2n) is 11.1. The van der Waals surface area contributed by atoms with E-state index >= 15 is 0 Å². The number of hydrogen-bond acceptors (Lipinski definition) is 0. The van der Waals surface area contributed by atoms with Crippen LogP contribution in [0.25, 0.3) is 49.9 Å². The highest BCUT2D eigenvalue weighted by molar-refractivity contribution is 6.14. The minimum atomic E-state index is 0.311. The van der Waals surface area contributed by atoms with Crippen molar-refractivity contribution in [1.82, 2.24) is 0 Å². The highest BCUT2D eigenvalue weighted by Gasteiger charge is 2.32. The Hall–Kier alpha value is -4.42. The van der Waals surface area contributed by atoms with E-state index in [-0.39, 0.29) is 0 Å². The summed E-state index contributed by atoms with van der Waals surface area (Å²) in [5.74, 6) is 0.311. The average Bonchev–Trinajstić information content (AvgIpc) is 3.54. The van der Waals surface area contributed by atoms with Gasteiger partial charge < -0.3 is 0 Å². The quantitative estimate of drug-likeness (QED) is 0.212. The van der Waals surface area contributed by atoms with Crippen LogP contribution in [-0.2, 0) is 6.42 Å². The van der Waals surface area contributed by atoms with Gasteiger partial charge in [-0.05, 0) is 90.5 Å². The molecule has 0 spiro atoms. The van der Waals surface area contributed by atoms with Gasteiger partial charge in [-0.1, -0.05) is 134 Å². The van der Waals surface area contributed by atoms with Crippen molar-refractivity contribution in [3.8, 4) is 22.3 Å². The molecule has 6 aromatic carbocycles. The zero-order valence-electron chi connectivity index (χ0n) is 22.2. The molecule has 0 aromatic heterocycles. The summed E-state index contributed by atoms with van der Waals surface area (Å²) in [6.45, 7) is 2.31. The van der Waals surface area contributed by atoms with E-state index in [0.717, 1.165) is 19.3 Å². The summed E-state index contributed by atoms with van der Waals surface area (Å²) in [7, 11) is 0. The van der Waals surface area contributed by atoms with Crippen LogP contribution in [-0.4, -0.2) is 0 Å². The zero-order valence-corrected chi connectivity index (χ0v) is 22.2. The van der Waals surface area contributed by atoms with Crippen LogP contribution in [0.1, 0.15) is 53.5 Å². The second-order valence-corrected chi connectivity index (χ2v) is 11.1. The molecular weight excluding hydrogens is 468 g/mol. The van der Waals surface area contributed by atoms with Crippen LogP contribution in [0.4, 0.5) is 0 Å². The van der Waals surface area contributed by atoms with Crippen molar-refractivity contribution in [2.45, 2.75) is 32.1 Å². The predicted molar refractivity (Wildman–Crippen MR) is 166 cm³/mol. The number of allylic oxidation sites excluding steroid dienone is 1. The molecule has 2 aliphatic rings. The normalized spacial score (nSPS) is 15.3. The molecule has 0 saturated heterocycles. The van der Waals surface area contributed by atoms with Crippen molar-refractivity contribution in [2.75, 3.05) is 0 Å². The van der Waals surface area contributed by atoms with E-state index in [4.69, 9.17) is 0 Å². The first-order valence-electron chi connectivity index (χ1n) is 14.3.